The molecule has 0 saturated carbocycles. The Morgan fingerprint density at radius 3 is 2.64 bits per heavy atom. The van der Waals surface area contributed by atoms with E-state index in [1.54, 1.807) is 0 Å². The van der Waals surface area contributed by atoms with Crippen molar-refractivity contribution in [1.82, 2.24) is 10.6 Å². The van der Waals surface area contributed by atoms with Crippen molar-refractivity contribution in [3.05, 3.63) is 59.4 Å². The third kappa shape index (κ3) is 4.79. The number of hydrogen-bond donors (Lipinski definition) is 3. The summed E-state index contributed by atoms with van der Waals surface area (Å²) in [7, 11) is 1.43. The van der Waals surface area contributed by atoms with Crippen molar-refractivity contribution in [2.24, 2.45) is 5.92 Å². The summed E-state index contributed by atoms with van der Waals surface area (Å²) in [6.45, 7) is 4.47. The van der Waals surface area contributed by atoms with E-state index < -0.39 is 11.7 Å². The molecule has 3 rings (SSSR count). The van der Waals surface area contributed by atoms with Crippen LogP contribution in [0.25, 0.3) is 0 Å². The highest BCUT2D eigenvalue weighted by Crippen LogP contribution is 2.23. The first-order valence-corrected chi connectivity index (χ1v) is 9.34. The second kappa shape index (κ2) is 8.73. The predicted octanol–water partition coefficient (Wildman–Crippen LogP) is 3.14. The van der Waals surface area contributed by atoms with Gasteiger partial charge in [-0.3, -0.25) is 4.79 Å². The highest BCUT2D eigenvalue weighted by Gasteiger charge is 2.23. The summed E-state index contributed by atoms with van der Waals surface area (Å²) in [6.07, 6.45) is 1.01. The van der Waals surface area contributed by atoms with Gasteiger partial charge < -0.3 is 20.9 Å². The summed E-state index contributed by atoms with van der Waals surface area (Å²) >= 11 is 0. The first kappa shape index (κ1) is 19.7. The number of anilines is 2. The fourth-order valence-corrected chi connectivity index (χ4v) is 3.31. The molecule has 1 fully saturated rings. The molecule has 1 unspecified atom stereocenters. The normalized spacial score (nSPS) is 16.0. The first-order valence-electron chi connectivity index (χ1n) is 9.34. The lowest BCUT2D eigenvalue weighted by Gasteiger charge is -2.19. The zero-order chi connectivity index (χ0) is 20.1. The molecule has 2 aromatic carbocycles. The lowest BCUT2D eigenvalue weighted by molar-refractivity contribution is 0.0959. The van der Waals surface area contributed by atoms with Crippen LogP contribution in [0.2, 0.25) is 0 Å². The number of nitrogens with one attached hydrogen (secondary N) is 3. The molecule has 0 aliphatic carbocycles. The largest absolute Gasteiger partial charge is 0.371 e. The molecule has 3 amide bonds. The third-order valence-electron chi connectivity index (χ3n) is 4.93. The molecule has 7 heteroatoms. The van der Waals surface area contributed by atoms with Crippen molar-refractivity contribution < 1.29 is 14.0 Å². The van der Waals surface area contributed by atoms with Crippen molar-refractivity contribution in [2.45, 2.75) is 13.3 Å². The zero-order valence-electron chi connectivity index (χ0n) is 16.1. The van der Waals surface area contributed by atoms with E-state index in [0.29, 0.717) is 18.2 Å². The Kier molecular flexibility index (Phi) is 6.13. The molecule has 0 bridgehead atoms. The van der Waals surface area contributed by atoms with E-state index in [1.165, 1.54) is 30.4 Å². The highest BCUT2D eigenvalue weighted by molar-refractivity contribution is 5.97. The van der Waals surface area contributed by atoms with E-state index >= 15 is 0 Å². The predicted molar refractivity (Wildman–Crippen MR) is 108 cm³/mol. The van der Waals surface area contributed by atoms with E-state index in [4.69, 9.17) is 0 Å². The topological polar surface area (TPSA) is 73.5 Å². The second-order valence-corrected chi connectivity index (χ2v) is 7.05. The van der Waals surface area contributed by atoms with Crippen molar-refractivity contribution in [1.29, 1.82) is 0 Å². The Labute approximate surface area is 164 Å². The Morgan fingerprint density at radius 1 is 1.18 bits per heavy atom. The Morgan fingerprint density at radius 2 is 1.93 bits per heavy atom. The number of halogens is 1. The minimum Gasteiger partial charge on any atom is -0.371 e. The molecule has 3 N–H and O–H groups in total. The van der Waals surface area contributed by atoms with Gasteiger partial charge in [0.15, 0.2) is 0 Å². The van der Waals surface area contributed by atoms with Crippen LogP contribution in [0.1, 0.15) is 22.3 Å². The molecule has 1 heterocycles. The molecule has 1 saturated heterocycles. The zero-order valence-corrected chi connectivity index (χ0v) is 16.1. The number of aryl methyl sites for hydroxylation is 1. The van der Waals surface area contributed by atoms with Crippen molar-refractivity contribution in [3.8, 4) is 0 Å². The molecule has 1 atom stereocenters. The summed E-state index contributed by atoms with van der Waals surface area (Å²) in [5.74, 6) is -0.808. The summed E-state index contributed by atoms with van der Waals surface area (Å²) in [4.78, 5) is 26.1. The van der Waals surface area contributed by atoms with E-state index in [9.17, 15) is 14.0 Å². The smallest absolute Gasteiger partial charge is 0.319 e. The van der Waals surface area contributed by atoms with E-state index in [1.807, 2.05) is 0 Å². The molecule has 2 aromatic rings. The van der Waals surface area contributed by atoms with Crippen LogP contribution >= 0.6 is 0 Å². The summed E-state index contributed by atoms with van der Waals surface area (Å²) in [5, 5.41) is 7.89. The van der Waals surface area contributed by atoms with Gasteiger partial charge in [0.1, 0.15) is 5.82 Å². The minimum atomic E-state index is -0.632. The Hall–Kier alpha value is -3.09. The first-order chi connectivity index (χ1) is 13.5. The van der Waals surface area contributed by atoms with Crippen LogP contribution < -0.4 is 20.9 Å². The van der Waals surface area contributed by atoms with Gasteiger partial charge >= 0.3 is 6.03 Å². The van der Waals surface area contributed by atoms with Crippen molar-refractivity contribution in [3.63, 3.8) is 0 Å². The summed E-state index contributed by atoms with van der Waals surface area (Å²) < 4.78 is 13.7. The van der Waals surface area contributed by atoms with Gasteiger partial charge in [-0.1, -0.05) is 17.7 Å². The summed E-state index contributed by atoms with van der Waals surface area (Å²) in [6, 6.07) is 12.0. The molecule has 6 nitrogen and oxygen atoms in total. The quantitative estimate of drug-likeness (QED) is 0.742. The van der Waals surface area contributed by atoms with Gasteiger partial charge in [0.25, 0.3) is 5.91 Å². The molecule has 0 aromatic heterocycles. The highest BCUT2D eigenvalue weighted by atomic mass is 19.1. The lowest BCUT2D eigenvalue weighted by Crippen LogP contribution is -2.34. The van der Waals surface area contributed by atoms with Gasteiger partial charge in [-0.15, -0.1) is 0 Å². The van der Waals surface area contributed by atoms with Gasteiger partial charge in [0, 0.05) is 38.1 Å². The fraction of sp³-hybridized carbons (Fsp3) is 0.333. The number of benzene rings is 2. The standard InChI is InChI=1S/C21H25FN4O2/c1-14-3-6-17(7-4-14)26-10-9-15(13-26)12-24-21(28)25-16-5-8-19(22)18(11-16)20(27)23-2/h3-8,11,15H,9-10,12-13H2,1-2H3,(H,23,27)(H2,24,25,28). The molecule has 1 aliphatic heterocycles. The van der Waals surface area contributed by atoms with Crippen molar-refractivity contribution in [2.75, 3.05) is 36.9 Å². The Bertz CT molecular complexity index is 854. The van der Waals surface area contributed by atoms with Crippen LogP contribution in [0.3, 0.4) is 0 Å². The maximum absolute atomic E-state index is 13.7. The van der Waals surface area contributed by atoms with Gasteiger partial charge in [0.05, 0.1) is 5.56 Å². The molecule has 1 aliphatic rings. The van der Waals surface area contributed by atoms with Crippen molar-refractivity contribution >= 4 is 23.3 Å². The molecular formula is C21H25FN4O2. The molecular weight excluding hydrogens is 359 g/mol. The van der Waals surface area contributed by atoms with Gasteiger partial charge in [-0.25, -0.2) is 9.18 Å². The summed E-state index contributed by atoms with van der Waals surface area (Å²) in [5.41, 5.74) is 2.69. The minimum absolute atomic E-state index is 0.107. The maximum atomic E-state index is 13.7. The Balaban J connectivity index is 1.50. The van der Waals surface area contributed by atoms with Crippen LogP contribution in [0, 0.1) is 18.7 Å². The molecule has 148 valence electrons. The monoisotopic (exact) mass is 384 g/mol. The van der Waals surface area contributed by atoms with Gasteiger partial charge in [0.2, 0.25) is 0 Å². The third-order valence-corrected chi connectivity index (χ3v) is 4.93. The number of urea groups is 1. The number of hydrogen-bond acceptors (Lipinski definition) is 3. The van der Waals surface area contributed by atoms with E-state index in [0.717, 1.165) is 25.6 Å². The number of carbonyl (C=O) groups excluding carboxylic acids is 2. The molecule has 0 spiro atoms. The average Bonchev–Trinajstić information content (AvgIpc) is 3.17. The number of amides is 3. The van der Waals surface area contributed by atoms with Crippen LogP contribution in [0.15, 0.2) is 42.5 Å². The number of carbonyl (C=O) groups is 2. The second-order valence-electron chi connectivity index (χ2n) is 7.05. The molecule has 0 radical (unpaired) electrons. The fourth-order valence-electron chi connectivity index (χ4n) is 3.31. The SMILES string of the molecule is CNC(=O)c1cc(NC(=O)NCC2CCN(c3ccc(C)cc3)C2)ccc1F. The average molecular weight is 384 g/mol. The van der Waals surface area contributed by atoms with E-state index in [-0.39, 0.29) is 11.6 Å². The number of rotatable bonds is 5. The van der Waals surface area contributed by atoms with Gasteiger partial charge in [-0.2, -0.15) is 0 Å². The van der Waals surface area contributed by atoms with E-state index in [2.05, 4.69) is 52.0 Å². The lowest BCUT2D eigenvalue weighted by atomic mass is 10.1. The van der Waals surface area contributed by atoms with Crippen LogP contribution in [0.4, 0.5) is 20.6 Å². The van der Waals surface area contributed by atoms with Crippen LogP contribution in [-0.2, 0) is 0 Å². The van der Waals surface area contributed by atoms with Crippen LogP contribution in [0.5, 0.6) is 0 Å². The van der Waals surface area contributed by atoms with Crippen LogP contribution in [-0.4, -0.2) is 38.6 Å². The maximum Gasteiger partial charge on any atom is 0.319 e. The van der Waals surface area contributed by atoms with Gasteiger partial charge in [-0.05, 0) is 49.6 Å². The number of nitrogens with zero attached hydrogens (tertiary/aromatic N) is 1. The molecule has 28 heavy (non-hydrogen) atoms.